The molecule has 5 heteroatoms. The first-order valence-corrected chi connectivity index (χ1v) is 9.76. The lowest BCUT2D eigenvalue weighted by Gasteiger charge is -2.29. The molecule has 4 nitrogen and oxygen atoms in total. The van der Waals surface area contributed by atoms with E-state index in [1.165, 1.54) is 11.1 Å². The van der Waals surface area contributed by atoms with Gasteiger partial charge >= 0.3 is 5.97 Å². The van der Waals surface area contributed by atoms with Gasteiger partial charge in [-0.3, -0.25) is 0 Å². The molecule has 0 radical (unpaired) electrons. The van der Waals surface area contributed by atoms with E-state index in [2.05, 4.69) is 11.9 Å². The molecule has 0 spiro atoms. The van der Waals surface area contributed by atoms with Crippen LogP contribution in [0.3, 0.4) is 0 Å². The van der Waals surface area contributed by atoms with Gasteiger partial charge in [0, 0.05) is 18.1 Å². The lowest BCUT2D eigenvalue weighted by Crippen LogP contribution is -2.38. The van der Waals surface area contributed by atoms with Crippen molar-refractivity contribution in [3.63, 3.8) is 0 Å². The second-order valence-electron chi connectivity index (χ2n) is 7.15. The minimum absolute atomic E-state index is 0.00139. The molecule has 2 aromatic carbocycles. The van der Waals surface area contributed by atoms with E-state index in [1.807, 2.05) is 48.5 Å². The minimum Gasteiger partial charge on any atom is -0.479 e. The first-order valence-electron chi connectivity index (χ1n) is 9.38. The van der Waals surface area contributed by atoms with E-state index in [9.17, 15) is 4.79 Å². The fourth-order valence-corrected chi connectivity index (χ4v) is 3.26. The van der Waals surface area contributed by atoms with Gasteiger partial charge in [-0.1, -0.05) is 35.9 Å². The second-order valence-corrected chi connectivity index (χ2v) is 7.58. The highest BCUT2D eigenvalue weighted by Crippen LogP contribution is 2.19. The largest absolute Gasteiger partial charge is 0.479 e. The Bertz CT molecular complexity index is 737. The number of likely N-dealkylation sites (tertiary alicyclic amines) is 1. The molecule has 1 aliphatic heterocycles. The first kappa shape index (κ1) is 19.7. The number of ether oxygens (including phenoxy) is 2. The summed E-state index contributed by atoms with van der Waals surface area (Å²) in [6, 6.07) is 15.6. The molecular weight excluding hydrogens is 362 g/mol. The Morgan fingerprint density at radius 1 is 1.07 bits per heavy atom. The van der Waals surface area contributed by atoms with Crippen LogP contribution in [0, 0.1) is 0 Å². The van der Waals surface area contributed by atoms with Gasteiger partial charge in [-0.25, -0.2) is 4.79 Å². The average Bonchev–Trinajstić information content (AvgIpc) is 2.67. The summed E-state index contributed by atoms with van der Waals surface area (Å²) in [6.45, 7) is 3.66. The zero-order valence-electron chi connectivity index (χ0n) is 15.9. The first-order chi connectivity index (χ1) is 13.0. The van der Waals surface area contributed by atoms with Crippen molar-refractivity contribution >= 4 is 17.6 Å². The molecular formula is C22H26ClNO3. The molecule has 3 rings (SSSR count). The van der Waals surface area contributed by atoms with Crippen molar-refractivity contribution in [1.82, 2.24) is 4.90 Å². The van der Waals surface area contributed by atoms with Crippen molar-refractivity contribution in [1.29, 1.82) is 0 Å². The molecule has 0 unspecified atom stereocenters. The third-order valence-corrected chi connectivity index (χ3v) is 5.09. The van der Waals surface area contributed by atoms with Crippen LogP contribution < -0.4 is 4.74 Å². The van der Waals surface area contributed by atoms with Crippen molar-refractivity contribution in [2.45, 2.75) is 38.4 Å². The number of nitrogens with zero attached hydrogens (tertiary/aromatic N) is 1. The number of halogens is 1. The zero-order chi connectivity index (χ0) is 19.2. The maximum atomic E-state index is 12.3. The number of carbonyl (C=O) groups is 1. The minimum atomic E-state index is -0.619. The van der Waals surface area contributed by atoms with E-state index < -0.39 is 6.10 Å². The van der Waals surface area contributed by atoms with Gasteiger partial charge < -0.3 is 14.4 Å². The maximum absolute atomic E-state index is 12.3. The van der Waals surface area contributed by atoms with Crippen molar-refractivity contribution in [2.75, 3.05) is 20.1 Å². The van der Waals surface area contributed by atoms with Crippen LogP contribution in [0.2, 0.25) is 5.02 Å². The monoisotopic (exact) mass is 387 g/mol. The summed E-state index contributed by atoms with van der Waals surface area (Å²) < 4.78 is 11.3. The van der Waals surface area contributed by atoms with Crippen LogP contribution in [0.25, 0.3) is 0 Å². The van der Waals surface area contributed by atoms with Gasteiger partial charge in [-0.05, 0) is 68.6 Å². The summed E-state index contributed by atoms with van der Waals surface area (Å²) in [5.41, 5.74) is 2.37. The number of hydrogen-bond acceptors (Lipinski definition) is 4. The highest BCUT2D eigenvalue weighted by atomic mass is 35.5. The molecule has 27 heavy (non-hydrogen) atoms. The van der Waals surface area contributed by atoms with Crippen LogP contribution in [0.5, 0.6) is 5.75 Å². The third-order valence-electron chi connectivity index (χ3n) is 4.84. The molecule has 0 aliphatic carbocycles. The maximum Gasteiger partial charge on any atom is 0.347 e. The summed E-state index contributed by atoms with van der Waals surface area (Å²) in [6.07, 6.45) is 1.97. The molecule has 1 atom stereocenters. The molecule has 2 aromatic rings. The van der Waals surface area contributed by atoms with Crippen molar-refractivity contribution in [3.8, 4) is 5.75 Å². The summed E-state index contributed by atoms with van der Waals surface area (Å²) in [5.74, 6) is 0.373. The lowest BCUT2D eigenvalue weighted by molar-refractivity contribution is -0.158. The summed E-state index contributed by atoms with van der Waals surface area (Å²) in [5, 5.41) is 0.739. The number of piperidine rings is 1. The fourth-order valence-electron chi connectivity index (χ4n) is 3.14. The highest BCUT2D eigenvalue weighted by Gasteiger charge is 2.24. The SMILES string of the molecule is C[C@@H](Oc1ccc(Cc2ccc(Cl)cc2)cc1)C(=O)OC1CCN(C)CC1. The topological polar surface area (TPSA) is 38.8 Å². The normalized spacial score (nSPS) is 16.7. The molecule has 0 amide bonds. The van der Waals surface area contributed by atoms with Crippen LogP contribution in [0.15, 0.2) is 48.5 Å². The zero-order valence-corrected chi connectivity index (χ0v) is 16.6. The quantitative estimate of drug-likeness (QED) is 0.691. The van der Waals surface area contributed by atoms with Crippen LogP contribution in [-0.4, -0.2) is 43.2 Å². The Hall–Kier alpha value is -2.04. The summed E-state index contributed by atoms with van der Waals surface area (Å²) >= 11 is 5.92. The standard InChI is InChI=1S/C22H26ClNO3/c1-16(22(25)27-21-11-13-24(2)14-12-21)26-20-9-5-18(6-10-20)15-17-3-7-19(23)8-4-17/h3-10,16,21H,11-15H2,1-2H3/t16-/m1/s1. The van der Waals surface area contributed by atoms with Gasteiger partial charge in [0.1, 0.15) is 11.9 Å². The van der Waals surface area contributed by atoms with Crippen LogP contribution in [0.4, 0.5) is 0 Å². The van der Waals surface area contributed by atoms with Crippen LogP contribution in [-0.2, 0) is 16.0 Å². The van der Waals surface area contributed by atoms with Gasteiger partial charge in [0.2, 0.25) is 0 Å². The average molecular weight is 388 g/mol. The number of benzene rings is 2. The van der Waals surface area contributed by atoms with Crippen molar-refractivity contribution in [2.24, 2.45) is 0 Å². The van der Waals surface area contributed by atoms with Gasteiger partial charge in [-0.2, -0.15) is 0 Å². The lowest BCUT2D eigenvalue weighted by atomic mass is 10.1. The number of hydrogen-bond donors (Lipinski definition) is 0. The smallest absolute Gasteiger partial charge is 0.347 e. The summed E-state index contributed by atoms with van der Waals surface area (Å²) in [4.78, 5) is 14.5. The molecule has 0 saturated carbocycles. The number of rotatable bonds is 6. The fraction of sp³-hybridized carbons (Fsp3) is 0.409. The Kier molecular flexibility index (Phi) is 6.75. The van der Waals surface area contributed by atoms with Crippen LogP contribution >= 0.6 is 11.6 Å². The van der Waals surface area contributed by atoms with E-state index in [4.69, 9.17) is 21.1 Å². The van der Waals surface area contributed by atoms with E-state index in [0.29, 0.717) is 5.75 Å². The molecule has 1 saturated heterocycles. The van der Waals surface area contributed by atoms with Gasteiger partial charge in [0.05, 0.1) is 0 Å². The predicted octanol–water partition coefficient (Wildman–Crippen LogP) is 4.34. The Balaban J connectivity index is 1.49. The molecule has 1 heterocycles. The van der Waals surface area contributed by atoms with E-state index in [-0.39, 0.29) is 12.1 Å². The third kappa shape index (κ3) is 5.98. The summed E-state index contributed by atoms with van der Waals surface area (Å²) in [7, 11) is 2.08. The Morgan fingerprint density at radius 3 is 2.22 bits per heavy atom. The van der Waals surface area contributed by atoms with Gasteiger partial charge in [0.15, 0.2) is 6.10 Å². The molecule has 0 aromatic heterocycles. The van der Waals surface area contributed by atoms with E-state index in [0.717, 1.165) is 37.4 Å². The number of esters is 1. The van der Waals surface area contributed by atoms with E-state index >= 15 is 0 Å². The predicted molar refractivity (Wildman–Crippen MR) is 107 cm³/mol. The molecule has 1 fully saturated rings. The number of carbonyl (C=O) groups excluding carboxylic acids is 1. The van der Waals surface area contributed by atoms with E-state index in [1.54, 1.807) is 6.92 Å². The molecule has 144 valence electrons. The van der Waals surface area contributed by atoms with Gasteiger partial charge in [-0.15, -0.1) is 0 Å². The second kappa shape index (κ2) is 9.25. The van der Waals surface area contributed by atoms with Crippen molar-refractivity contribution < 1.29 is 14.3 Å². The van der Waals surface area contributed by atoms with Crippen LogP contribution in [0.1, 0.15) is 30.9 Å². The van der Waals surface area contributed by atoms with Gasteiger partial charge in [0.25, 0.3) is 0 Å². The molecule has 1 aliphatic rings. The van der Waals surface area contributed by atoms with Crippen molar-refractivity contribution in [3.05, 3.63) is 64.7 Å². The molecule has 0 N–H and O–H groups in total. The molecule has 0 bridgehead atoms. The highest BCUT2D eigenvalue weighted by molar-refractivity contribution is 6.30. The Morgan fingerprint density at radius 2 is 1.63 bits per heavy atom. The Labute approximate surface area is 166 Å².